The zero-order chi connectivity index (χ0) is 19.2. The van der Waals surface area contributed by atoms with E-state index in [0.29, 0.717) is 18.2 Å². The lowest BCUT2D eigenvalue weighted by atomic mass is 10.0. The molecule has 1 amide bonds. The van der Waals surface area contributed by atoms with Gasteiger partial charge in [0.2, 0.25) is 0 Å². The maximum Gasteiger partial charge on any atom is 0.271 e. The lowest BCUT2D eigenvalue weighted by Gasteiger charge is -2.28. The number of carbonyl (C=O) groups excluding carboxylic acids is 1. The molecule has 0 saturated carbocycles. The maximum atomic E-state index is 12.6. The minimum absolute atomic E-state index is 0.126. The Morgan fingerprint density at radius 3 is 2.59 bits per heavy atom. The van der Waals surface area contributed by atoms with Gasteiger partial charge in [0.05, 0.1) is 13.2 Å². The zero-order valence-electron chi connectivity index (χ0n) is 16.5. The van der Waals surface area contributed by atoms with Gasteiger partial charge in [0.15, 0.2) is 0 Å². The molecule has 0 spiro atoms. The molecule has 1 atom stereocenters. The van der Waals surface area contributed by atoms with Crippen molar-refractivity contribution < 1.29 is 9.53 Å². The molecule has 0 radical (unpaired) electrons. The molecule has 146 valence electrons. The van der Waals surface area contributed by atoms with Gasteiger partial charge in [-0.3, -0.25) is 14.8 Å². The molecule has 1 unspecified atom stereocenters. The van der Waals surface area contributed by atoms with Crippen molar-refractivity contribution in [2.45, 2.75) is 39.2 Å². The number of hydrogen-bond acceptors (Lipinski definition) is 4. The average molecular weight is 370 g/mol. The van der Waals surface area contributed by atoms with E-state index in [-0.39, 0.29) is 11.9 Å². The van der Waals surface area contributed by atoms with Crippen molar-refractivity contribution in [1.82, 2.24) is 20.4 Å². The molecule has 0 bridgehead atoms. The summed E-state index contributed by atoms with van der Waals surface area (Å²) >= 11 is 0. The molecule has 2 heterocycles. The third-order valence-corrected chi connectivity index (χ3v) is 5.03. The second kappa shape index (κ2) is 9.04. The molecule has 6 heteroatoms. The molecular formula is C21H30N4O2. The van der Waals surface area contributed by atoms with Crippen molar-refractivity contribution in [1.29, 1.82) is 0 Å². The Bertz CT molecular complexity index is 733. The number of nitrogens with one attached hydrogen (secondary N) is 2. The summed E-state index contributed by atoms with van der Waals surface area (Å²) in [6.07, 6.45) is 3.31. The number of aromatic nitrogens is 2. The van der Waals surface area contributed by atoms with Crippen LogP contribution < -0.4 is 10.1 Å². The highest BCUT2D eigenvalue weighted by Crippen LogP contribution is 2.26. The molecule has 1 saturated heterocycles. The number of methoxy groups -OCH3 is 1. The Kier molecular flexibility index (Phi) is 6.50. The summed E-state index contributed by atoms with van der Waals surface area (Å²) in [6, 6.07) is 10.1. The number of benzene rings is 1. The topological polar surface area (TPSA) is 70.2 Å². The molecule has 1 aromatic heterocycles. The standard InChI is InChI=1S/C21H30N4O2/c1-15(2)12-17-13-19(24-23-17)21(26)22-14-20(25-10-4-5-11-25)16-6-8-18(27-3)9-7-16/h6-9,13,15,20H,4-5,10-12,14H2,1-3H3,(H,22,26)(H,23,24). The number of rotatable bonds is 8. The van der Waals surface area contributed by atoms with Gasteiger partial charge in [-0.05, 0) is 62.0 Å². The van der Waals surface area contributed by atoms with Gasteiger partial charge in [-0.2, -0.15) is 5.10 Å². The predicted molar refractivity (Wildman–Crippen MR) is 106 cm³/mol. The van der Waals surface area contributed by atoms with Crippen LogP contribution >= 0.6 is 0 Å². The van der Waals surface area contributed by atoms with E-state index in [9.17, 15) is 4.79 Å². The summed E-state index contributed by atoms with van der Waals surface area (Å²) in [5.41, 5.74) is 2.66. The van der Waals surface area contributed by atoms with Gasteiger partial charge in [-0.25, -0.2) is 0 Å². The first-order chi connectivity index (χ1) is 13.1. The molecule has 1 fully saturated rings. The van der Waals surface area contributed by atoms with E-state index in [2.05, 4.69) is 46.4 Å². The number of aromatic amines is 1. The van der Waals surface area contributed by atoms with Gasteiger partial charge in [-0.15, -0.1) is 0 Å². The summed E-state index contributed by atoms with van der Waals surface area (Å²) in [4.78, 5) is 15.0. The van der Waals surface area contributed by atoms with Crippen LogP contribution in [0, 0.1) is 5.92 Å². The molecule has 1 aliphatic rings. The largest absolute Gasteiger partial charge is 0.497 e. The second-order valence-corrected chi connectivity index (χ2v) is 7.62. The average Bonchev–Trinajstić information content (AvgIpc) is 3.34. The van der Waals surface area contributed by atoms with Crippen LogP contribution in [0.25, 0.3) is 0 Å². The molecule has 6 nitrogen and oxygen atoms in total. The van der Waals surface area contributed by atoms with Crippen molar-refractivity contribution >= 4 is 5.91 Å². The number of H-pyrrole nitrogens is 1. The van der Waals surface area contributed by atoms with E-state index < -0.39 is 0 Å². The van der Waals surface area contributed by atoms with Crippen molar-refractivity contribution in [2.75, 3.05) is 26.7 Å². The fourth-order valence-corrected chi connectivity index (χ4v) is 3.64. The van der Waals surface area contributed by atoms with Crippen molar-refractivity contribution in [3.05, 3.63) is 47.3 Å². The normalized spacial score (nSPS) is 15.9. The van der Waals surface area contributed by atoms with Crippen LogP contribution in [0.4, 0.5) is 0 Å². The van der Waals surface area contributed by atoms with Crippen LogP contribution in [0.2, 0.25) is 0 Å². The number of amides is 1. The van der Waals surface area contributed by atoms with E-state index >= 15 is 0 Å². The van der Waals surface area contributed by atoms with Gasteiger partial charge < -0.3 is 10.1 Å². The van der Waals surface area contributed by atoms with Crippen LogP contribution in [0.3, 0.4) is 0 Å². The lowest BCUT2D eigenvalue weighted by molar-refractivity contribution is 0.0933. The Balaban J connectivity index is 1.66. The minimum Gasteiger partial charge on any atom is -0.497 e. The molecular weight excluding hydrogens is 340 g/mol. The number of nitrogens with zero attached hydrogens (tertiary/aromatic N) is 2. The van der Waals surface area contributed by atoms with Gasteiger partial charge in [0.1, 0.15) is 11.4 Å². The third-order valence-electron chi connectivity index (χ3n) is 5.03. The van der Waals surface area contributed by atoms with Crippen molar-refractivity contribution in [3.63, 3.8) is 0 Å². The van der Waals surface area contributed by atoms with Crippen LogP contribution in [0.15, 0.2) is 30.3 Å². The third kappa shape index (κ3) is 5.10. The van der Waals surface area contributed by atoms with Gasteiger partial charge in [0.25, 0.3) is 5.91 Å². The predicted octanol–water partition coefficient (Wildman–Crippen LogP) is 3.18. The van der Waals surface area contributed by atoms with Crippen LogP contribution in [0.1, 0.15) is 54.5 Å². The fraction of sp³-hybridized carbons (Fsp3) is 0.524. The first-order valence-corrected chi connectivity index (χ1v) is 9.77. The van der Waals surface area contributed by atoms with E-state index in [4.69, 9.17) is 4.74 Å². The highest BCUT2D eigenvalue weighted by Gasteiger charge is 2.24. The van der Waals surface area contributed by atoms with Crippen molar-refractivity contribution in [3.8, 4) is 5.75 Å². The number of carbonyl (C=O) groups is 1. The molecule has 27 heavy (non-hydrogen) atoms. The summed E-state index contributed by atoms with van der Waals surface area (Å²) < 4.78 is 5.27. The Morgan fingerprint density at radius 2 is 1.96 bits per heavy atom. The summed E-state index contributed by atoms with van der Waals surface area (Å²) in [5, 5.41) is 10.2. The summed E-state index contributed by atoms with van der Waals surface area (Å²) in [5.74, 6) is 1.24. The fourth-order valence-electron chi connectivity index (χ4n) is 3.64. The van der Waals surface area contributed by atoms with Gasteiger partial charge >= 0.3 is 0 Å². The first-order valence-electron chi connectivity index (χ1n) is 9.77. The molecule has 1 aliphatic heterocycles. The first kappa shape index (κ1) is 19.4. The Labute approximate surface area is 161 Å². The highest BCUT2D eigenvalue weighted by molar-refractivity contribution is 5.92. The SMILES string of the molecule is COc1ccc(C(CNC(=O)c2cc(CC(C)C)[nH]n2)N2CCCC2)cc1. The van der Waals surface area contributed by atoms with Crippen LogP contribution in [0.5, 0.6) is 5.75 Å². The van der Waals surface area contributed by atoms with E-state index in [1.54, 1.807) is 7.11 Å². The van der Waals surface area contributed by atoms with Gasteiger partial charge in [0, 0.05) is 12.2 Å². The zero-order valence-corrected chi connectivity index (χ0v) is 16.5. The van der Waals surface area contributed by atoms with Crippen LogP contribution in [-0.2, 0) is 6.42 Å². The number of hydrogen-bond donors (Lipinski definition) is 2. The Morgan fingerprint density at radius 1 is 1.26 bits per heavy atom. The number of ether oxygens (including phenoxy) is 1. The smallest absolute Gasteiger partial charge is 0.271 e. The van der Waals surface area contributed by atoms with Crippen molar-refractivity contribution in [2.24, 2.45) is 5.92 Å². The quantitative estimate of drug-likeness (QED) is 0.749. The monoisotopic (exact) mass is 370 g/mol. The summed E-state index contributed by atoms with van der Waals surface area (Å²) in [6.45, 7) is 6.99. The molecule has 3 rings (SSSR count). The maximum absolute atomic E-state index is 12.6. The lowest BCUT2D eigenvalue weighted by Crippen LogP contribution is -2.36. The molecule has 2 aromatic rings. The van der Waals surface area contributed by atoms with E-state index in [1.807, 2.05) is 18.2 Å². The number of likely N-dealkylation sites (tertiary alicyclic amines) is 1. The Hall–Kier alpha value is -2.34. The minimum atomic E-state index is -0.126. The van der Waals surface area contributed by atoms with Gasteiger partial charge in [-0.1, -0.05) is 26.0 Å². The molecule has 2 N–H and O–H groups in total. The summed E-state index contributed by atoms with van der Waals surface area (Å²) in [7, 11) is 1.67. The van der Waals surface area contributed by atoms with Crippen LogP contribution in [-0.4, -0.2) is 47.7 Å². The second-order valence-electron chi connectivity index (χ2n) is 7.62. The molecule has 0 aliphatic carbocycles. The van der Waals surface area contributed by atoms with E-state index in [1.165, 1.54) is 18.4 Å². The van der Waals surface area contributed by atoms with E-state index in [0.717, 1.165) is 31.0 Å². The highest BCUT2D eigenvalue weighted by atomic mass is 16.5. The molecule has 1 aromatic carbocycles.